The average molecular weight is 340 g/mol. The number of rotatable bonds is 4. The molecule has 0 bridgehead atoms. The molecule has 4 rings (SSSR count). The SMILES string of the molecule is Clc1nc(-n2cccn2)nc(N2CCCC2)c1Cc1ccccc1. The standard InChI is InChI=1S/C18H18ClN5/c19-16-15(13-14-7-2-1-3-8-14)17(23-10-4-5-11-23)22-18(21-16)24-12-6-9-20-24/h1-3,6-9,12H,4-5,10-11,13H2. The lowest BCUT2D eigenvalue weighted by Gasteiger charge is -2.21. The highest BCUT2D eigenvalue weighted by Gasteiger charge is 2.22. The summed E-state index contributed by atoms with van der Waals surface area (Å²) in [6, 6.07) is 12.2. The number of hydrogen-bond acceptors (Lipinski definition) is 4. The summed E-state index contributed by atoms with van der Waals surface area (Å²) in [5.74, 6) is 1.45. The fourth-order valence-electron chi connectivity index (χ4n) is 3.07. The minimum absolute atomic E-state index is 0.501. The van der Waals surface area contributed by atoms with E-state index >= 15 is 0 Å². The minimum Gasteiger partial charge on any atom is -0.356 e. The number of hydrogen-bond donors (Lipinski definition) is 0. The zero-order chi connectivity index (χ0) is 16.4. The quantitative estimate of drug-likeness (QED) is 0.682. The van der Waals surface area contributed by atoms with E-state index in [-0.39, 0.29) is 0 Å². The van der Waals surface area contributed by atoms with Crippen molar-refractivity contribution in [1.29, 1.82) is 0 Å². The number of benzene rings is 1. The molecule has 0 spiro atoms. The van der Waals surface area contributed by atoms with Gasteiger partial charge in [-0.3, -0.25) is 0 Å². The van der Waals surface area contributed by atoms with Crippen LogP contribution >= 0.6 is 11.6 Å². The first-order valence-corrected chi connectivity index (χ1v) is 8.54. The maximum atomic E-state index is 6.56. The van der Waals surface area contributed by atoms with Crippen LogP contribution in [-0.2, 0) is 6.42 Å². The van der Waals surface area contributed by atoms with E-state index in [0.29, 0.717) is 11.1 Å². The van der Waals surface area contributed by atoms with Crippen LogP contribution in [-0.4, -0.2) is 32.8 Å². The van der Waals surface area contributed by atoms with Gasteiger partial charge in [-0.15, -0.1) is 0 Å². The largest absolute Gasteiger partial charge is 0.356 e. The van der Waals surface area contributed by atoms with Gasteiger partial charge in [-0.1, -0.05) is 41.9 Å². The van der Waals surface area contributed by atoms with Gasteiger partial charge < -0.3 is 4.90 Å². The van der Waals surface area contributed by atoms with Crippen molar-refractivity contribution in [3.63, 3.8) is 0 Å². The summed E-state index contributed by atoms with van der Waals surface area (Å²) in [7, 11) is 0. The molecule has 3 heterocycles. The molecule has 0 amide bonds. The zero-order valence-corrected chi connectivity index (χ0v) is 14.0. The smallest absolute Gasteiger partial charge is 0.253 e. The molecule has 1 aliphatic rings. The average Bonchev–Trinajstić information content (AvgIpc) is 3.31. The Labute approximate surface area is 145 Å². The highest BCUT2D eigenvalue weighted by Crippen LogP contribution is 2.30. The molecule has 0 aliphatic carbocycles. The second-order valence-corrected chi connectivity index (χ2v) is 6.28. The minimum atomic E-state index is 0.501. The molecule has 24 heavy (non-hydrogen) atoms. The maximum Gasteiger partial charge on any atom is 0.253 e. The second-order valence-electron chi connectivity index (χ2n) is 5.92. The lowest BCUT2D eigenvalue weighted by molar-refractivity contribution is 0.790. The Balaban J connectivity index is 1.79. The summed E-state index contributed by atoms with van der Waals surface area (Å²) in [5.41, 5.74) is 2.19. The van der Waals surface area contributed by atoms with E-state index in [4.69, 9.17) is 16.6 Å². The molecule has 0 atom stereocenters. The molecule has 0 unspecified atom stereocenters. The van der Waals surface area contributed by atoms with Crippen molar-refractivity contribution in [2.75, 3.05) is 18.0 Å². The summed E-state index contributed by atoms with van der Waals surface area (Å²) in [5, 5.41) is 4.72. The Kier molecular flexibility index (Phi) is 4.17. The molecule has 1 aromatic carbocycles. The van der Waals surface area contributed by atoms with E-state index in [2.05, 4.69) is 27.1 Å². The molecule has 0 radical (unpaired) electrons. The maximum absolute atomic E-state index is 6.56. The van der Waals surface area contributed by atoms with Gasteiger partial charge in [0.25, 0.3) is 5.95 Å². The van der Waals surface area contributed by atoms with Gasteiger partial charge in [-0.25, -0.2) is 4.68 Å². The number of aromatic nitrogens is 4. The predicted octanol–water partition coefficient (Wildman–Crippen LogP) is 3.51. The summed E-state index contributed by atoms with van der Waals surface area (Å²) >= 11 is 6.56. The topological polar surface area (TPSA) is 46.8 Å². The lowest BCUT2D eigenvalue weighted by Crippen LogP contribution is -2.22. The third-order valence-corrected chi connectivity index (χ3v) is 4.57. The van der Waals surface area contributed by atoms with Gasteiger partial charge in [0.05, 0.1) is 0 Å². The molecule has 1 saturated heterocycles. The van der Waals surface area contributed by atoms with E-state index in [1.165, 1.54) is 18.4 Å². The Bertz CT molecular complexity index is 811. The summed E-state index contributed by atoms with van der Waals surface area (Å²) < 4.78 is 1.65. The number of anilines is 1. The van der Waals surface area contributed by atoms with Crippen molar-refractivity contribution in [2.24, 2.45) is 0 Å². The lowest BCUT2D eigenvalue weighted by atomic mass is 10.1. The summed E-state index contributed by atoms with van der Waals surface area (Å²) in [6.45, 7) is 2.02. The molecule has 2 aromatic heterocycles. The second kappa shape index (κ2) is 6.61. The van der Waals surface area contributed by atoms with Gasteiger partial charge in [-0.2, -0.15) is 15.1 Å². The number of nitrogens with zero attached hydrogens (tertiary/aromatic N) is 5. The first-order valence-electron chi connectivity index (χ1n) is 8.16. The molecule has 1 fully saturated rings. The third-order valence-electron chi connectivity index (χ3n) is 4.26. The molecule has 0 N–H and O–H groups in total. The van der Waals surface area contributed by atoms with E-state index in [1.54, 1.807) is 10.9 Å². The third kappa shape index (κ3) is 2.99. The van der Waals surface area contributed by atoms with Crippen molar-refractivity contribution in [2.45, 2.75) is 19.3 Å². The fourth-order valence-corrected chi connectivity index (χ4v) is 3.29. The van der Waals surface area contributed by atoms with Gasteiger partial charge >= 0.3 is 0 Å². The molecule has 3 aromatic rings. The first kappa shape index (κ1) is 15.1. The van der Waals surface area contributed by atoms with E-state index in [1.807, 2.05) is 30.5 Å². The summed E-state index contributed by atoms with van der Waals surface area (Å²) in [6.07, 6.45) is 6.64. The fraction of sp³-hybridized carbons (Fsp3) is 0.278. The van der Waals surface area contributed by atoms with E-state index < -0.39 is 0 Å². The summed E-state index contributed by atoms with van der Waals surface area (Å²) in [4.78, 5) is 11.6. The highest BCUT2D eigenvalue weighted by atomic mass is 35.5. The van der Waals surface area contributed by atoms with Crippen LogP contribution in [0, 0.1) is 0 Å². The van der Waals surface area contributed by atoms with Crippen LogP contribution in [0.15, 0.2) is 48.8 Å². The normalized spacial score (nSPS) is 14.3. The van der Waals surface area contributed by atoms with E-state index in [0.717, 1.165) is 30.9 Å². The molecule has 5 nitrogen and oxygen atoms in total. The highest BCUT2D eigenvalue weighted by molar-refractivity contribution is 6.30. The van der Waals surface area contributed by atoms with Gasteiger partial charge in [-0.05, 0) is 24.5 Å². The molecule has 1 aliphatic heterocycles. The van der Waals surface area contributed by atoms with Gasteiger partial charge in [0, 0.05) is 37.5 Å². The zero-order valence-electron chi connectivity index (χ0n) is 13.3. The van der Waals surface area contributed by atoms with Gasteiger partial charge in [0.15, 0.2) is 0 Å². The monoisotopic (exact) mass is 339 g/mol. The van der Waals surface area contributed by atoms with Crippen molar-refractivity contribution < 1.29 is 0 Å². The molecular weight excluding hydrogens is 322 g/mol. The number of halogens is 1. The van der Waals surface area contributed by atoms with Crippen molar-refractivity contribution in [3.8, 4) is 5.95 Å². The predicted molar refractivity (Wildman–Crippen MR) is 94.9 cm³/mol. The van der Waals surface area contributed by atoms with Crippen LogP contribution in [0.25, 0.3) is 5.95 Å². The Morgan fingerprint density at radius 1 is 1.00 bits per heavy atom. The van der Waals surface area contributed by atoms with Crippen LogP contribution < -0.4 is 4.90 Å². The molecule has 0 saturated carbocycles. The van der Waals surface area contributed by atoms with Crippen molar-refractivity contribution in [1.82, 2.24) is 19.7 Å². The van der Waals surface area contributed by atoms with Crippen LogP contribution in [0.5, 0.6) is 0 Å². The molecular formula is C18H18ClN5. The van der Waals surface area contributed by atoms with E-state index in [9.17, 15) is 0 Å². The van der Waals surface area contributed by atoms with Crippen molar-refractivity contribution in [3.05, 3.63) is 65.1 Å². The Morgan fingerprint density at radius 2 is 1.79 bits per heavy atom. The first-order chi connectivity index (χ1) is 11.8. The van der Waals surface area contributed by atoms with Crippen LogP contribution in [0.1, 0.15) is 24.0 Å². The molecule has 122 valence electrons. The van der Waals surface area contributed by atoms with Crippen LogP contribution in [0.3, 0.4) is 0 Å². The van der Waals surface area contributed by atoms with Crippen LogP contribution in [0.2, 0.25) is 5.15 Å². The van der Waals surface area contributed by atoms with Gasteiger partial charge in [0.2, 0.25) is 0 Å². The Hall–Kier alpha value is -2.40. The van der Waals surface area contributed by atoms with Crippen molar-refractivity contribution >= 4 is 17.4 Å². The van der Waals surface area contributed by atoms with Gasteiger partial charge in [0.1, 0.15) is 11.0 Å². The van der Waals surface area contributed by atoms with Crippen LogP contribution in [0.4, 0.5) is 5.82 Å². The molecule has 6 heteroatoms. The Morgan fingerprint density at radius 3 is 2.50 bits per heavy atom.